The van der Waals surface area contributed by atoms with Gasteiger partial charge in [-0.15, -0.1) is 0 Å². The van der Waals surface area contributed by atoms with E-state index >= 15 is 0 Å². The highest BCUT2D eigenvalue weighted by Crippen LogP contribution is 2.29. The molecule has 1 aliphatic carbocycles. The van der Waals surface area contributed by atoms with Gasteiger partial charge in [-0.1, -0.05) is 51.9 Å². The predicted molar refractivity (Wildman–Crippen MR) is 60.3 cm³/mol. The number of aldehydes is 1. The monoisotopic (exact) mass is 196 g/mol. The van der Waals surface area contributed by atoms with Gasteiger partial charge in [0.15, 0.2) is 0 Å². The fourth-order valence-electron chi connectivity index (χ4n) is 2.56. The third-order valence-corrected chi connectivity index (χ3v) is 3.48. The van der Waals surface area contributed by atoms with E-state index in [1.165, 1.54) is 57.7 Å². The first-order chi connectivity index (χ1) is 6.86. The Morgan fingerprint density at radius 3 is 2.57 bits per heavy atom. The first-order valence-electron chi connectivity index (χ1n) is 6.32. The smallest absolute Gasteiger partial charge is 0.123 e. The van der Waals surface area contributed by atoms with Crippen LogP contribution in [0.2, 0.25) is 0 Å². The van der Waals surface area contributed by atoms with E-state index in [9.17, 15) is 4.79 Å². The molecule has 0 aromatic rings. The quantitative estimate of drug-likeness (QED) is 0.588. The summed E-state index contributed by atoms with van der Waals surface area (Å²) in [5.41, 5.74) is 0. The van der Waals surface area contributed by atoms with Crippen molar-refractivity contribution in [3.63, 3.8) is 0 Å². The number of carbonyl (C=O) groups excluding carboxylic acids is 1. The zero-order valence-electron chi connectivity index (χ0n) is 9.50. The third-order valence-electron chi connectivity index (χ3n) is 3.48. The minimum Gasteiger partial charge on any atom is -0.303 e. The van der Waals surface area contributed by atoms with E-state index in [1.54, 1.807) is 0 Å². The van der Waals surface area contributed by atoms with Gasteiger partial charge in [-0.25, -0.2) is 0 Å². The van der Waals surface area contributed by atoms with Crippen molar-refractivity contribution in [3.05, 3.63) is 0 Å². The van der Waals surface area contributed by atoms with Crippen molar-refractivity contribution in [2.24, 2.45) is 11.8 Å². The zero-order chi connectivity index (χ0) is 10.2. The van der Waals surface area contributed by atoms with Crippen molar-refractivity contribution in [2.75, 3.05) is 0 Å². The van der Waals surface area contributed by atoms with E-state index < -0.39 is 0 Å². The number of hydrogen-bond donors (Lipinski definition) is 0. The van der Waals surface area contributed by atoms with Gasteiger partial charge in [0.05, 0.1) is 0 Å². The van der Waals surface area contributed by atoms with Gasteiger partial charge in [0.2, 0.25) is 0 Å². The average molecular weight is 196 g/mol. The highest BCUT2D eigenvalue weighted by Gasteiger charge is 2.17. The number of rotatable bonds is 6. The summed E-state index contributed by atoms with van der Waals surface area (Å²) in [5.74, 6) is 1.22. The fraction of sp³-hybridized carbons (Fsp3) is 0.923. The molecule has 1 unspecified atom stereocenters. The summed E-state index contributed by atoms with van der Waals surface area (Å²) in [6, 6.07) is 0. The second kappa shape index (κ2) is 7.03. The lowest BCUT2D eigenvalue weighted by atomic mass is 9.82. The molecule has 0 radical (unpaired) electrons. The summed E-state index contributed by atoms with van der Waals surface area (Å²) in [4.78, 5) is 10.9. The molecule has 0 saturated heterocycles. The van der Waals surface area contributed by atoms with Crippen LogP contribution in [-0.4, -0.2) is 6.29 Å². The van der Waals surface area contributed by atoms with Crippen molar-refractivity contribution >= 4 is 6.29 Å². The molecule has 0 amide bonds. The van der Waals surface area contributed by atoms with Crippen LogP contribution in [0.1, 0.15) is 64.7 Å². The lowest BCUT2D eigenvalue weighted by Gasteiger charge is -2.23. The van der Waals surface area contributed by atoms with Crippen LogP contribution < -0.4 is 0 Å². The highest BCUT2D eigenvalue weighted by atomic mass is 16.1. The van der Waals surface area contributed by atoms with E-state index in [0.29, 0.717) is 5.92 Å². The van der Waals surface area contributed by atoms with E-state index in [-0.39, 0.29) is 0 Å². The van der Waals surface area contributed by atoms with Crippen molar-refractivity contribution in [3.8, 4) is 0 Å². The largest absolute Gasteiger partial charge is 0.303 e. The van der Waals surface area contributed by atoms with E-state index in [4.69, 9.17) is 0 Å². The molecule has 1 saturated carbocycles. The SMILES string of the molecule is CCCCC(C=O)CC1CCCCC1. The van der Waals surface area contributed by atoms with E-state index in [1.807, 2.05) is 0 Å². The fourth-order valence-corrected chi connectivity index (χ4v) is 2.56. The Morgan fingerprint density at radius 2 is 2.00 bits per heavy atom. The van der Waals surface area contributed by atoms with Crippen LogP contribution in [0.25, 0.3) is 0 Å². The number of carbonyl (C=O) groups is 1. The Labute approximate surface area is 88.3 Å². The molecule has 0 aliphatic heterocycles. The predicted octanol–water partition coefficient (Wildman–Crippen LogP) is 3.96. The van der Waals surface area contributed by atoms with E-state index in [2.05, 4.69) is 6.92 Å². The van der Waals surface area contributed by atoms with Crippen LogP contribution in [0.15, 0.2) is 0 Å². The van der Waals surface area contributed by atoms with Crippen molar-refractivity contribution in [2.45, 2.75) is 64.7 Å². The molecule has 1 atom stereocenters. The molecule has 82 valence electrons. The molecule has 0 bridgehead atoms. The second-order valence-electron chi connectivity index (χ2n) is 4.78. The average Bonchev–Trinajstić information content (AvgIpc) is 2.25. The summed E-state index contributed by atoms with van der Waals surface area (Å²) in [5, 5.41) is 0. The Morgan fingerprint density at radius 1 is 1.29 bits per heavy atom. The molecule has 0 aromatic heterocycles. The maximum Gasteiger partial charge on any atom is 0.123 e. The molecule has 0 heterocycles. The van der Waals surface area contributed by atoms with Crippen LogP contribution in [0.4, 0.5) is 0 Å². The first kappa shape index (κ1) is 11.7. The van der Waals surface area contributed by atoms with Crippen LogP contribution in [0.3, 0.4) is 0 Å². The standard InChI is InChI=1S/C13H24O/c1-2-3-7-13(11-14)10-12-8-5-4-6-9-12/h11-13H,2-10H2,1H3. The van der Waals surface area contributed by atoms with Crippen molar-refractivity contribution in [1.29, 1.82) is 0 Å². The third kappa shape index (κ3) is 4.26. The summed E-state index contributed by atoms with van der Waals surface area (Å²) in [6.45, 7) is 2.20. The van der Waals surface area contributed by atoms with E-state index in [0.717, 1.165) is 12.3 Å². The molecule has 1 rings (SSSR count). The summed E-state index contributed by atoms with van der Waals surface area (Å²) in [7, 11) is 0. The Kier molecular flexibility index (Phi) is 5.89. The molecule has 14 heavy (non-hydrogen) atoms. The Hall–Kier alpha value is -0.330. The summed E-state index contributed by atoms with van der Waals surface area (Å²) >= 11 is 0. The van der Waals surface area contributed by atoms with Crippen LogP contribution in [-0.2, 0) is 4.79 Å². The van der Waals surface area contributed by atoms with Gasteiger partial charge in [0.25, 0.3) is 0 Å². The van der Waals surface area contributed by atoms with Crippen LogP contribution in [0, 0.1) is 11.8 Å². The highest BCUT2D eigenvalue weighted by molar-refractivity contribution is 5.53. The maximum absolute atomic E-state index is 10.9. The van der Waals surface area contributed by atoms with Crippen molar-refractivity contribution in [1.82, 2.24) is 0 Å². The molecule has 1 heteroatoms. The van der Waals surface area contributed by atoms with Crippen LogP contribution >= 0.6 is 0 Å². The molecule has 0 N–H and O–H groups in total. The van der Waals surface area contributed by atoms with Gasteiger partial charge < -0.3 is 4.79 Å². The molecule has 0 aromatic carbocycles. The molecule has 1 nitrogen and oxygen atoms in total. The maximum atomic E-state index is 10.9. The molecule has 1 fully saturated rings. The van der Waals surface area contributed by atoms with Gasteiger partial charge in [0.1, 0.15) is 6.29 Å². The summed E-state index contributed by atoms with van der Waals surface area (Å²) < 4.78 is 0. The molecule has 1 aliphatic rings. The number of hydrogen-bond acceptors (Lipinski definition) is 1. The second-order valence-corrected chi connectivity index (χ2v) is 4.78. The molecular formula is C13H24O. The minimum atomic E-state index is 0.359. The zero-order valence-corrected chi connectivity index (χ0v) is 9.50. The first-order valence-corrected chi connectivity index (χ1v) is 6.32. The Bertz CT molecular complexity index is 147. The van der Waals surface area contributed by atoms with Gasteiger partial charge in [-0.3, -0.25) is 0 Å². The molecular weight excluding hydrogens is 172 g/mol. The van der Waals surface area contributed by atoms with Gasteiger partial charge in [-0.2, -0.15) is 0 Å². The van der Waals surface area contributed by atoms with Crippen molar-refractivity contribution < 1.29 is 4.79 Å². The van der Waals surface area contributed by atoms with Gasteiger partial charge in [0, 0.05) is 5.92 Å². The molecule has 0 spiro atoms. The summed E-state index contributed by atoms with van der Waals surface area (Å²) in [6.07, 6.45) is 12.9. The number of unbranched alkanes of at least 4 members (excludes halogenated alkanes) is 1. The van der Waals surface area contributed by atoms with Crippen LogP contribution in [0.5, 0.6) is 0 Å². The normalized spacial score (nSPS) is 20.6. The lowest BCUT2D eigenvalue weighted by molar-refractivity contribution is -0.111. The Balaban J connectivity index is 2.20. The minimum absolute atomic E-state index is 0.359. The lowest BCUT2D eigenvalue weighted by Crippen LogP contribution is -2.13. The topological polar surface area (TPSA) is 17.1 Å². The van der Waals surface area contributed by atoms with Gasteiger partial charge >= 0.3 is 0 Å². The van der Waals surface area contributed by atoms with Gasteiger partial charge in [-0.05, 0) is 18.8 Å².